The zero-order valence-corrected chi connectivity index (χ0v) is 12.2. The van der Waals surface area contributed by atoms with Crippen molar-refractivity contribution in [2.24, 2.45) is 0 Å². The van der Waals surface area contributed by atoms with E-state index in [2.05, 4.69) is 21.2 Å². The molecule has 1 amide bonds. The largest absolute Gasteiger partial charge is 0.392 e. The van der Waals surface area contributed by atoms with Gasteiger partial charge in [-0.25, -0.2) is 4.39 Å². The molecule has 0 aliphatic rings. The number of hydrogen-bond donors (Lipinski definition) is 2. The van der Waals surface area contributed by atoms with Gasteiger partial charge in [0.15, 0.2) is 0 Å². The van der Waals surface area contributed by atoms with E-state index in [1.54, 1.807) is 6.07 Å². The van der Waals surface area contributed by atoms with Crippen molar-refractivity contribution in [3.63, 3.8) is 0 Å². The maximum atomic E-state index is 13.6. The lowest BCUT2D eigenvalue weighted by molar-refractivity contribution is 0.0946. The average molecular weight is 338 g/mol. The van der Waals surface area contributed by atoms with Gasteiger partial charge >= 0.3 is 0 Å². The number of aliphatic hydroxyl groups excluding tert-OH is 1. The lowest BCUT2D eigenvalue weighted by Crippen LogP contribution is -2.24. The number of aliphatic hydroxyl groups is 1. The molecule has 0 aromatic heterocycles. The lowest BCUT2D eigenvalue weighted by atomic mass is 10.1. The van der Waals surface area contributed by atoms with Crippen LogP contribution in [-0.4, -0.2) is 11.0 Å². The van der Waals surface area contributed by atoms with E-state index in [9.17, 15) is 14.3 Å². The minimum Gasteiger partial charge on any atom is -0.392 e. The zero-order chi connectivity index (χ0) is 14.5. The smallest absolute Gasteiger partial charge is 0.254 e. The molecule has 0 fully saturated rings. The highest BCUT2D eigenvalue weighted by atomic mass is 79.9. The number of hydrogen-bond acceptors (Lipinski definition) is 2. The van der Waals surface area contributed by atoms with Crippen LogP contribution in [0.4, 0.5) is 4.39 Å². The molecule has 2 N–H and O–H groups in total. The number of halogens is 2. The predicted octanol–water partition coefficient (Wildman–Crippen LogP) is 3.01. The van der Waals surface area contributed by atoms with Gasteiger partial charge in [0.05, 0.1) is 12.2 Å². The highest BCUT2D eigenvalue weighted by molar-refractivity contribution is 9.10. The number of carbonyl (C=O) groups excluding carboxylic acids is 1. The molecule has 5 heteroatoms. The second-order valence-electron chi connectivity index (χ2n) is 4.23. The first-order chi connectivity index (χ1) is 9.61. The Balaban J connectivity index is 2.11. The van der Waals surface area contributed by atoms with E-state index in [0.717, 1.165) is 11.1 Å². The van der Waals surface area contributed by atoms with Crippen molar-refractivity contribution < 1.29 is 14.3 Å². The maximum absolute atomic E-state index is 13.6. The summed E-state index contributed by atoms with van der Waals surface area (Å²) in [5, 5.41) is 11.8. The standard InChI is InChI=1S/C15H13BrFNO2/c16-12-5-6-14(17)13(7-12)15(20)18-8-10-3-1-2-4-11(10)9-19/h1-7,19H,8-9H2,(H,18,20). The minimum absolute atomic E-state index is 0.0131. The molecule has 0 aliphatic heterocycles. The fraction of sp³-hybridized carbons (Fsp3) is 0.133. The summed E-state index contributed by atoms with van der Waals surface area (Å²) in [6.07, 6.45) is 0. The second kappa shape index (κ2) is 6.63. The van der Waals surface area contributed by atoms with Crippen LogP contribution in [0, 0.1) is 5.82 Å². The van der Waals surface area contributed by atoms with Crippen LogP contribution >= 0.6 is 15.9 Å². The third-order valence-electron chi connectivity index (χ3n) is 2.90. The molecule has 20 heavy (non-hydrogen) atoms. The molecule has 0 unspecified atom stereocenters. The molecule has 0 radical (unpaired) electrons. The number of rotatable bonds is 4. The Hall–Kier alpha value is -1.72. The van der Waals surface area contributed by atoms with Crippen molar-refractivity contribution >= 4 is 21.8 Å². The normalized spacial score (nSPS) is 10.3. The summed E-state index contributed by atoms with van der Waals surface area (Å²) in [6, 6.07) is 11.4. The number of nitrogens with one attached hydrogen (secondary N) is 1. The molecule has 0 saturated carbocycles. The molecule has 0 aliphatic carbocycles. The minimum atomic E-state index is -0.568. The third-order valence-corrected chi connectivity index (χ3v) is 3.39. The average Bonchev–Trinajstić information content (AvgIpc) is 2.47. The Morgan fingerprint density at radius 3 is 2.60 bits per heavy atom. The first kappa shape index (κ1) is 14.7. The molecular formula is C15H13BrFNO2. The van der Waals surface area contributed by atoms with Gasteiger partial charge in [0, 0.05) is 11.0 Å². The highest BCUT2D eigenvalue weighted by Crippen LogP contribution is 2.16. The predicted molar refractivity (Wildman–Crippen MR) is 77.6 cm³/mol. The summed E-state index contributed by atoms with van der Waals surface area (Å²) < 4.78 is 14.2. The number of amides is 1. The summed E-state index contributed by atoms with van der Waals surface area (Å²) >= 11 is 3.20. The molecule has 104 valence electrons. The first-order valence-corrected chi connectivity index (χ1v) is 6.82. The van der Waals surface area contributed by atoms with E-state index < -0.39 is 11.7 Å². The Morgan fingerprint density at radius 1 is 1.20 bits per heavy atom. The monoisotopic (exact) mass is 337 g/mol. The Labute approximate surface area is 124 Å². The summed E-state index contributed by atoms with van der Waals surface area (Å²) in [4.78, 5) is 12.0. The van der Waals surface area contributed by atoms with E-state index >= 15 is 0 Å². The number of carbonyl (C=O) groups is 1. The fourth-order valence-corrected chi connectivity index (χ4v) is 2.19. The van der Waals surface area contributed by atoms with Crippen LogP contribution in [-0.2, 0) is 13.2 Å². The molecule has 0 heterocycles. The summed E-state index contributed by atoms with van der Waals surface area (Å²) in [5.74, 6) is -1.06. The van der Waals surface area contributed by atoms with Gasteiger partial charge in [0.2, 0.25) is 0 Å². The maximum Gasteiger partial charge on any atom is 0.254 e. The van der Waals surface area contributed by atoms with Crippen molar-refractivity contribution in [1.29, 1.82) is 0 Å². The molecule has 2 rings (SSSR count). The van der Waals surface area contributed by atoms with Crippen LogP contribution in [0.5, 0.6) is 0 Å². The van der Waals surface area contributed by atoms with Gasteiger partial charge in [-0.1, -0.05) is 40.2 Å². The van der Waals surface area contributed by atoms with Gasteiger partial charge in [-0.05, 0) is 29.3 Å². The SMILES string of the molecule is O=C(NCc1ccccc1CO)c1cc(Br)ccc1F. The van der Waals surface area contributed by atoms with Crippen molar-refractivity contribution in [3.8, 4) is 0 Å². The van der Waals surface area contributed by atoms with Crippen LogP contribution < -0.4 is 5.32 Å². The molecule has 0 atom stereocenters. The van der Waals surface area contributed by atoms with Gasteiger partial charge in [-0.15, -0.1) is 0 Å². The van der Waals surface area contributed by atoms with Crippen molar-refractivity contribution in [3.05, 3.63) is 69.4 Å². The molecule has 2 aromatic rings. The fourth-order valence-electron chi connectivity index (χ4n) is 1.83. The van der Waals surface area contributed by atoms with Gasteiger partial charge < -0.3 is 10.4 Å². The van der Waals surface area contributed by atoms with Gasteiger partial charge in [-0.2, -0.15) is 0 Å². The van der Waals surface area contributed by atoms with E-state index in [-0.39, 0.29) is 18.7 Å². The topological polar surface area (TPSA) is 49.3 Å². The van der Waals surface area contributed by atoms with Crippen LogP contribution in [0.1, 0.15) is 21.5 Å². The van der Waals surface area contributed by atoms with Crippen molar-refractivity contribution in [1.82, 2.24) is 5.32 Å². The molecule has 2 aromatic carbocycles. The summed E-state index contributed by atoms with van der Waals surface area (Å²) in [7, 11) is 0. The molecule has 0 bridgehead atoms. The summed E-state index contributed by atoms with van der Waals surface area (Å²) in [6.45, 7) is 0.138. The Kier molecular flexibility index (Phi) is 4.87. The van der Waals surface area contributed by atoms with E-state index in [4.69, 9.17) is 0 Å². The van der Waals surface area contributed by atoms with Gasteiger partial charge in [0.1, 0.15) is 5.82 Å². The first-order valence-electron chi connectivity index (χ1n) is 6.02. The Morgan fingerprint density at radius 2 is 1.90 bits per heavy atom. The second-order valence-corrected chi connectivity index (χ2v) is 5.15. The van der Waals surface area contributed by atoms with Crippen LogP contribution in [0.2, 0.25) is 0 Å². The lowest BCUT2D eigenvalue weighted by Gasteiger charge is -2.09. The van der Waals surface area contributed by atoms with Crippen molar-refractivity contribution in [2.75, 3.05) is 0 Å². The van der Waals surface area contributed by atoms with E-state index in [0.29, 0.717) is 4.47 Å². The van der Waals surface area contributed by atoms with Gasteiger partial charge in [0.25, 0.3) is 5.91 Å². The van der Waals surface area contributed by atoms with Crippen LogP contribution in [0.3, 0.4) is 0 Å². The van der Waals surface area contributed by atoms with Gasteiger partial charge in [-0.3, -0.25) is 4.79 Å². The number of benzene rings is 2. The van der Waals surface area contributed by atoms with E-state index in [1.807, 2.05) is 18.2 Å². The molecule has 0 saturated heterocycles. The zero-order valence-electron chi connectivity index (χ0n) is 10.6. The highest BCUT2D eigenvalue weighted by Gasteiger charge is 2.12. The molecular weight excluding hydrogens is 325 g/mol. The van der Waals surface area contributed by atoms with Crippen molar-refractivity contribution in [2.45, 2.75) is 13.2 Å². The van der Waals surface area contributed by atoms with E-state index in [1.165, 1.54) is 18.2 Å². The quantitative estimate of drug-likeness (QED) is 0.900. The molecule has 3 nitrogen and oxygen atoms in total. The van der Waals surface area contributed by atoms with Crippen LogP contribution in [0.15, 0.2) is 46.9 Å². The third kappa shape index (κ3) is 3.43. The summed E-state index contributed by atoms with van der Waals surface area (Å²) in [5.41, 5.74) is 1.53. The van der Waals surface area contributed by atoms with Crippen LogP contribution in [0.25, 0.3) is 0 Å². The Bertz CT molecular complexity index is 631. The molecule has 0 spiro atoms.